The molecule has 0 saturated carbocycles. The molecule has 0 fully saturated rings. The van der Waals surface area contributed by atoms with Gasteiger partial charge in [-0.2, -0.15) is 5.10 Å². The highest BCUT2D eigenvalue weighted by Crippen LogP contribution is 2.22. The second-order valence-electron chi connectivity index (χ2n) is 6.57. The molecular formula is C21H19N5O. The van der Waals surface area contributed by atoms with Gasteiger partial charge in [-0.1, -0.05) is 0 Å². The van der Waals surface area contributed by atoms with Crippen LogP contribution in [0.5, 0.6) is 0 Å². The highest BCUT2D eigenvalue weighted by molar-refractivity contribution is 5.86. The van der Waals surface area contributed by atoms with E-state index in [1.807, 2.05) is 37.5 Å². The Kier molecular flexibility index (Phi) is 4.70. The first kappa shape index (κ1) is 17.0. The third-order valence-electron chi connectivity index (χ3n) is 4.48. The smallest absolute Gasteiger partial charge is 0.139 e. The number of hydrogen-bond donors (Lipinski definition) is 0. The van der Waals surface area contributed by atoms with Gasteiger partial charge in [-0.3, -0.25) is 24.4 Å². The summed E-state index contributed by atoms with van der Waals surface area (Å²) in [5.41, 5.74) is 3.73. The molecule has 6 heteroatoms. The Hall–Kier alpha value is -3.41. The van der Waals surface area contributed by atoms with Gasteiger partial charge >= 0.3 is 0 Å². The summed E-state index contributed by atoms with van der Waals surface area (Å²) >= 11 is 0. The molecule has 0 atom stereocenters. The largest absolute Gasteiger partial charge is 0.299 e. The Bertz CT molecular complexity index is 1090. The Labute approximate surface area is 156 Å². The zero-order valence-electron chi connectivity index (χ0n) is 15.0. The van der Waals surface area contributed by atoms with Gasteiger partial charge in [0.25, 0.3) is 0 Å². The van der Waals surface area contributed by atoms with E-state index in [-0.39, 0.29) is 5.78 Å². The van der Waals surface area contributed by atoms with E-state index in [1.165, 1.54) is 0 Å². The zero-order valence-corrected chi connectivity index (χ0v) is 15.0. The molecule has 0 radical (unpaired) electrons. The molecule has 0 bridgehead atoms. The predicted molar refractivity (Wildman–Crippen MR) is 103 cm³/mol. The monoisotopic (exact) mass is 357 g/mol. The summed E-state index contributed by atoms with van der Waals surface area (Å²) in [7, 11) is 1.88. The topological polar surface area (TPSA) is 73.6 Å². The van der Waals surface area contributed by atoms with Crippen molar-refractivity contribution in [1.82, 2.24) is 24.7 Å². The van der Waals surface area contributed by atoms with Crippen molar-refractivity contribution in [2.45, 2.75) is 19.3 Å². The number of hydrogen-bond acceptors (Lipinski definition) is 5. The summed E-state index contributed by atoms with van der Waals surface area (Å²) in [5, 5.41) is 6.17. The molecule has 0 spiro atoms. The van der Waals surface area contributed by atoms with Gasteiger partial charge in [0, 0.05) is 67.5 Å². The van der Waals surface area contributed by atoms with Crippen molar-refractivity contribution in [3.05, 3.63) is 72.7 Å². The summed E-state index contributed by atoms with van der Waals surface area (Å²) in [4.78, 5) is 25.2. The molecule has 0 aliphatic carbocycles. The van der Waals surface area contributed by atoms with E-state index in [9.17, 15) is 4.79 Å². The first-order valence-corrected chi connectivity index (χ1v) is 8.82. The lowest BCUT2D eigenvalue weighted by molar-refractivity contribution is -0.118. The van der Waals surface area contributed by atoms with Crippen molar-refractivity contribution in [2.75, 3.05) is 0 Å². The van der Waals surface area contributed by atoms with Crippen molar-refractivity contribution in [3.8, 4) is 11.3 Å². The number of ketones is 1. The van der Waals surface area contributed by atoms with Crippen molar-refractivity contribution < 1.29 is 4.79 Å². The lowest BCUT2D eigenvalue weighted by Crippen LogP contribution is -2.06. The summed E-state index contributed by atoms with van der Waals surface area (Å²) in [6, 6.07) is 7.86. The van der Waals surface area contributed by atoms with Crippen molar-refractivity contribution in [1.29, 1.82) is 0 Å². The minimum absolute atomic E-state index is 0.181. The molecule has 27 heavy (non-hydrogen) atoms. The van der Waals surface area contributed by atoms with Crippen molar-refractivity contribution in [3.63, 3.8) is 0 Å². The maximum atomic E-state index is 12.3. The van der Waals surface area contributed by atoms with Crippen LogP contribution in [0.2, 0.25) is 0 Å². The number of rotatable bonds is 6. The van der Waals surface area contributed by atoms with E-state index < -0.39 is 0 Å². The van der Waals surface area contributed by atoms with Crippen LogP contribution in [0.4, 0.5) is 0 Å². The Morgan fingerprint density at radius 3 is 2.63 bits per heavy atom. The second-order valence-corrected chi connectivity index (χ2v) is 6.57. The van der Waals surface area contributed by atoms with E-state index in [1.54, 1.807) is 35.7 Å². The van der Waals surface area contributed by atoms with E-state index in [0.29, 0.717) is 12.8 Å². The molecule has 134 valence electrons. The average molecular weight is 357 g/mol. The number of Topliss-reactive ketones (excluding diaryl/α,β-unsaturated/α-hetero) is 1. The van der Waals surface area contributed by atoms with Crippen LogP contribution in [0.15, 0.2) is 61.4 Å². The minimum atomic E-state index is 0.181. The van der Waals surface area contributed by atoms with Gasteiger partial charge < -0.3 is 0 Å². The van der Waals surface area contributed by atoms with Gasteiger partial charge in [-0.25, -0.2) is 0 Å². The first-order valence-electron chi connectivity index (χ1n) is 8.82. The number of carbonyl (C=O) groups excluding carboxylic acids is 1. The molecule has 0 amide bonds. The molecule has 0 saturated heterocycles. The normalized spacial score (nSPS) is 11.0. The third kappa shape index (κ3) is 4.06. The zero-order chi connectivity index (χ0) is 18.6. The number of aromatic nitrogens is 5. The highest BCUT2D eigenvalue weighted by atomic mass is 16.1. The lowest BCUT2D eigenvalue weighted by atomic mass is 10.0. The van der Waals surface area contributed by atoms with Crippen LogP contribution < -0.4 is 0 Å². The fourth-order valence-corrected chi connectivity index (χ4v) is 3.02. The van der Waals surface area contributed by atoms with E-state index >= 15 is 0 Å². The molecule has 4 rings (SSSR count). The predicted octanol–water partition coefficient (Wildman–Crippen LogP) is 3.17. The van der Waals surface area contributed by atoms with Gasteiger partial charge in [0.15, 0.2) is 0 Å². The van der Waals surface area contributed by atoms with Crippen molar-refractivity contribution >= 4 is 16.6 Å². The molecule has 0 aromatic carbocycles. The fraction of sp³-hybridized carbons (Fsp3) is 0.190. The van der Waals surface area contributed by atoms with Crippen LogP contribution in [0, 0.1) is 0 Å². The Morgan fingerprint density at radius 1 is 1.04 bits per heavy atom. The molecular weight excluding hydrogens is 338 g/mol. The quantitative estimate of drug-likeness (QED) is 0.530. The van der Waals surface area contributed by atoms with Gasteiger partial charge in [0.1, 0.15) is 5.78 Å². The number of carbonyl (C=O) groups is 1. The van der Waals surface area contributed by atoms with E-state index in [4.69, 9.17) is 0 Å². The Morgan fingerprint density at radius 2 is 1.85 bits per heavy atom. The molecule has 4 aromatic rings. The van der Waals surface area contributed by atoms with Crippen LogP contribution >= 0.6 is 0 Å². The SMILES string of the molecule is Cn1cc(-c2cc3cc(CC(=O)CCc4ccncc4)ncc3cn2)cn1. The van der Waals surface area contributed by atoms with E-state index in [2.05, 4.69) is 20.1 Å². The molecule has 0 unspecified atom stereocenters. The minimum Gasteiger partial charge on any atom is -0.299 e. The molecule has 6 nitrogen and oxygen atoms in total. The molecule has 0 aliphatic heterocycles. The number of fused-ring (bicyclic) bond motifs is 1. The Balaban J connectivity index is 1.49. The van der Waals surface area contributed by atoms with Crippen LogP contribution in [-0.4, -0.2) is 30.5 Å². The maximum Gasteiger partial charge on any atom is 0.139 e. The van der Waals surface area contributed by atoms with Crippen LogP contribution in [-0.2, 0) is 24.7 Å². The van der Waals surface area contributed by atoms with E-state index in [0.717, 1.165) is 39.7 Å². The third-order valence-corrected chi connectivity index (χ3v) is 4.48. The van der Waals surface area contributed by atoms with Crippen LogP contribution in [0.3, 0.4) is 0 Å². The van der Waals surface area contributed by atoms with Crippen molar-refractivity contribution in [2.24, 2.45) is 7.05 Å². The maximum absolute atomic E-state index is 12.3. The summed E-state index contributed by atoms with van der Waals surface area (Å²) in [6.45, 7) is 0. The fourth-order valence-electron chi connectivity index (χ4n) is 3.02. The highest BCUT2D eigenvalue weighted by Gasteiger charge is 2.08. The number of nitrogens with zero attached hydrogens (tertiary/aromatic N) is 5. The molecule has 0 N–H and O–H groups in total. The number of pyridine rings is 3. The van der Waals surface area contributed by atoms with Crippen LogP contribution in [0.25, 0.3) is 22.0 Å². The molecule has 4 heterocycles. The molecule has 4 aromatic heterocycles. The summed E-state index contributed by atoms with van der Waals surface area (Å²) < 4.78 is 1.75. The standard InChI is InChI=1S/C21H19N5O/c1-26-14-18(13-25-26)21-9-16-8-19(23-11-17(16)12-24-21)10-20(27)3-2-15-4-6-22-7-5-15/h4-9,11-14H,2-3,10H2,1H3. The molecule has 0 aliphatic rings. The van der Waals surface area contributed by atoms with Gasteiger partial charge in [-0.15, -0.1) is 0 Å². The lowest BCUT2D eigenvalue weighted by Gasteiger charge is -2.05. The average Bonchev–Trinajstić information content (AvgIpc) is 3.13. The number of aryl methyl sites for hydroxylation is 2. The summed E-state index contributed by atoms with van der Waals surface area (Å²) in [6.07, 6.45) is 12.4. The first-order chi connectivity index (χ1) is 13.2. The van der Waals surface area contributed by atoms with Gasteiger partial charge in [0.2, 0.25) is 0 Å². The van der Waals surface area contributed by atoms with Crippen LogP contribution in [0.1, 0.15) is 17.7 Å². The van der Waals surface area contributed by atoms with Gasteiger partial charge in [-0.05, 0) is 41.6 Å². The second kappa shape index (κ2) is 7.45. The summed E-state index contributed by atoms with van der Waals surface area (Å²) in [5.74, 6) is 0.181. The van der Waals surface area contributed by atoms with Gasteiger partial charge in [0.05, 0.1) is 11.9 Å².